The molecule has 0 saturated heterocycles. The Labute approximate surface area is 91.8 Å². The summed E-state index contributed by atoms with van der Waals surface area (Å²) in [7, 11) is 0. The summed E-state index contributed by atoms with van der Waals surface area (Å²) in [5, 5.41) is 0. The van der Waals surface area contributed by atoms with Crippen LogP contribution in [0.3, 0.4) is 0 Å². The van der Waals surface area contributed by atoms with Gasteiger partial charge in [0.1, 0.15) is 0 Å². The number of halogens is 2. The van der Waals surface area contributed by atoms with Crippen LogP contribution in [0, 0.1) is 6.92 Å². The third kappa shape index (κ3) is 3.83. The summed E-state index contributed by atoms with van der Waals surface area (Å²) < 4.78 is 0. The maximum Gasteiger partial charge on any atom is 0.0530 e. The second-order valence-electron chi connectivity index (χ2n) is 3.12. The molecule has 2 N–H and O–H groups in total. The molecule has 0 atom stereocenters. The highest BCUT2D eigenvalue weighted by molar-refractivity contribution is 5.85. The molecular formula is C9H16Cl2N2. The predicted molar refractivity (Wildman–Crippen MR) is 62.0 cm³/mol. The van der Waals surface area contributed by atoms with E-state index >= 15 is 0 Å². The van der Waals surface area contributed by atoms with Crippen molar-refractivity contribution in [3.63, 3.8) is 0 Å². The zero-order valence-electron chi connectivity index (χ0n) is 8.07. The molecule has 0 amide bonds. The fraction of sp³-hybridized carbons (Fsp3) is 0.444. The minimum absolute atomic E-state index is 0. The molecule has 2 nitrogen and oxygen atoms in total. The number of anilines is 1. The van der Waals surface area contributed by atoms with Crippen molar-refractivity contribution in [2.45, 2.75) is 26.7 Å². The summed E-state index contributed by atoms with van der Waals surface area (Å²) in [6, 6.07) is 2.04. The van der Waals surface area contributed by atoms with Crippen molar-refractivity contribution in [3.05, 3.63) is 23.5 Å². The van der Waals surface area contributed by atoms with Gasteiger partial charge in [-0.3, -0.25) is 4.98 Å². The van der Waals surface area contributed by atoms with Crippen molar-refractivity contribution in [3.8, 4) is 0 Å². The molecule has 0 aliphatic carbocycles. The van der Waals surface area contributed by atoms with Gasteiger partial charge in [0.15, 0.2) is 0 Å². The average Bonchev–Trinajstić information content (AvgIpc) is 1.94. The van der Waals surface area contributed by atoms with Gasteiger partial charge in [-0.2, -0.15) is 0 Å². The number of nitrogen functional groups attached to an aromatic ring is 1. The predicted octanol–water partition coefficient (Wildman–Crippen LogP) is 2.94. The van der Waals surface area contributed by atoms with E-state index in [4.69, 9.17) is 5.73 Å². The number of pyridine rings is 1. The second-order valence-corrected chi connectivity index (χ2v) is 3.12. The van der Waals surface area contributed by atoms with Gasteiger partial charge in [0.25, 0.3) is 0 Å². The van der Waals surface area contributed by atoms with E-state index in [-0.39, 0.29) is 24.8 Å². The number of hydrogen-bond acceptors (Lipinski definition) is 2. The van der Waals surface area contributed by atoms with E-state index in [1.807, 2.05) is 13.0 Å². The van der Waals surface area contributed by atoms with Crippen molar-refractivity contribution in [2.24, 2.45) is 0 Å². The van der Waals surface area contributed by atoms with Gasteiger partial charge < -0.3 is 5.73 Å². The summed E-state index contributed by atoms with van der Waals surface area (Å²) in [6.45, 7) is 6.25. The van der Waals surface area contributed by atoms with E-state index in [2.05, 4.69) is 18.8 Å². The Morgan fingerprint density at radius 1 is 1.31 bits per heavy atom. The Bertz CT molecular complexity index is 262. The smallest absolute Gasteiger partial charge is 0.0530 e. The zero-order valence-corrected chi connectivity index (χ0v) is 9.71. The largest absolute Gasteiger partial charge is 0.397 e. The van der Waals surface area contributed by atoms with Crippen molar-refractivity contribution in [1.82, 2.24) is 4.98 Å². The fourth-order valence-electron chi connectivity index (χ4n) is 0.904. The Balaban J connectivity index is 0. The maximum atomic E-state index is 5.63. The first-order valence-electron chi connectivity index (χ1n) is 3.83. The summed E-state index contributed by atoms with van der Waals surface area (Å²) >= 11 is 0. The quantitative estimate of drug-likeness (QED) is 0.794. The number of aromatic nitrogens is 1. The molecule has 0 unspecified atom stereocenters. The molecule has 0 radical (unpaired) electrons. The SMILES string of the molecule is Cc1cc(C(C)C)ncc1N.Cl.Cl. The van der Waals surface area contributed by atoms with Gasteiger partial charge in [0.05, 0.1) is 11.9 Å². The van der Waals surface area contributed by atoms with Crippen LogP contribution in [-0.2, 0) is 0 Å². The average molecular weight is 223 g/mol. The van der Waals surface area contributed by atoms with Crippen LogP contribution in [0.4, 0.5) is 5.69 Å². The van der Waals surface area contributed by atoms with Crippen LogP contribution in [0.2, 0.25) is 0 Å². The number of hydrogen-bond donors (Lipinski definition) is 1. The van der Waals surface area contributed by atoms with E-state index in [0.29, 0.717) is 5.92 Å². The first-order valence-corrected chi connectivity index (χ1v) is 3.83. The van der Waals surface area contributed by atoms with Crippen LogP contribution < -0.4 is 5.73 Å². The summed E-state index contributed by atoms with van der Waals surface area (Å²) in [5.74, 6) is 0.481. The maximum absolute atomic E-state index is 5.63. The third-order valence-electron chi connectivity index (χ3n) is 1.76. The van der Waals surface area contributed by atoms with Gasteiger partial charge in [-0.05, 0) is 24.5 Å². The highest BCUT2D eigenvalue weighted by atomic mass is 35.5. The zero-order chi connectivity index (χ0) is 8.43. The molecule has 0 fully saturated rings. The third-order valence-corrected chi connectivity index (χ3v) is 1.76. The topological polar surface area (TPSA) is 38.9 Å². The van der Waals surface area contributed by atoms with Crippen LogP contribution in [0.5, 0.6) is 0 Å². The van der Waals surface area contributed by atoms with Crippen molar-refractivity contribution >= 4 is 30.5 Å². The molecule has 0 saturated carbocycles. The van der Waals surface area contributed by atoms with E-state index in [0.717, 1.165) is 16.9 Å². The van der Waals surface area contributed by atoms with Crippen molar-refractivity contribution in [1.29, 1.82) is 0 Å². The second kappa shape index (κ2) is 6.06. The lowest BCUT2D eigenvalue weighted by molar-refractivity contribution is 0.821. The first-order chi connectivity index (χ1) is 5.11. The van der Waals surface area contributed by atoms with Crippen LogP contribution in [0.1, 0.15) is 31.0 Å². The molecule has 13 heavy (non-hydrogen) atoms. The molecule has 0 bridgehead atoms. The molecule has 0 aliphatic rings. The lowest BCUT2D eigenvalue weighted by Crippen LogP contribution is -1.96. The summed E-state index contributed by atoms with van der Waals surface area (Å²) in [5.41, 5.74) is 8.62. The lowest BCUT2D eigenvalue weighted by Gasteiger charge is -2.05. The molecule has 0 spiro atoms. The Morgan fingerprint density at radius 3 is 2.23 bits per heavy atom. The summed E-state index contributed by atoms with van der Waals surface area (Å²) in [4.78, 5) is 4.21. The lowest BCUT2D eigenvalue weighted by atomic mass is 10.1. The molecule has 0 aliphatic heterocycles. The Kier molecular flexibility index (Phi) is 7.00. The van der Waals surface area contributed by atoms with Crippen LogP contribution in [-0.4, -0.2) is 4.98 Å². The molecular weight excluding hydrogens is 207 g/mol. The molecule has 4 heteroatoms. The Hall–Kier alpha value is -0.470. The normalized spacial score (nSPS) is 8.92. The van der Waals surface area contributed by atoms with Gasteiger partial charge in [0.2, 0.25) is 0 Å². The fourth-order valence-corrected chi connectivity index (χ4v) is 0.904. The van der Waals surface area contributed by atoms with Crippen molar-refractivity contribution < 1.29 is 0 Å². The van der Waals surface area contributed by atoms with Crippen LogP contribution in [0.15, 0.2) is 12.3 Å². The number of rotatable bonds is 1. The van der Waals surface area contributed by atoms with E-state index in [1.165, 1.54) is 0 Å². The van der Waals surface area contributed by atoms with Gasteiger partial charge in [-0.15, -0.1) is 24.8 Å². The van der Waals surface area contributed by atoms with Crippen LogP contribution in [0.25, 0.3) is 0 Å². The van der Waals surface area contributed by atoms with Gasteiger partial charge in [-0.1, -0.05) is 13.8 Å². The van der Waals surface area contributed by atoms with E-state index in [1.54, 1.807) is 6.20 Å². The molecule has 0 aromatic carbocycles. The Morgan fingerprint density at radius 2 is 1.85 bits per heavy atom. The molecule has 1 aromatic heterocycles. The highest BCUT2D eigenvalue weighted by Crippen LogP contribution is 2.15. The summed E-state index contributed by atoms with van der Waals surface area (Å²) in [6.07, 6.45) is 1.73. The van der Waals surface area contributed by atoms with E-state index < -0.39 is 0 Å². The first kappa shape index (κ1) is 15.0. The standard InChI is InChI=1S/C9H14N2.2ClH/c1-6(2)9-4-7(3)8(10)5-11-9;;/h4-6H,10H2,1-3H3;2*1H. The number of nitrogens with zero attached hydrogens (tertiary/aromatic N) is 1. The molecule has 76 valence electrons. The van der Waals surface area contributed by atoms with Gasteiger partial charge >= 0.3 is 0 Å². The van der Waals surface area contributed by atoms with Gasteiger partial charge in [-0.25, -0.2) is 0 Å². The minimum atomic E-state index is 0. The monoisotopic (exact) mass is 222 g/mol. The molecule has 1 rings (SSSR count). The minimum Gasteiger partial charge on any atom is -0.397 e. The van der Waals surface area contributed by atoms with Gasteiger partial charge in [0, 0.05) is 5.69 Å². The number of nitrogens with two attached hydrogens (primary N) is 1. The molecule has 1 aromatic rings. The van der Waals surface area contributed by atoms with Crippen LogP contribution >= 0.6 is 24.8 Å². The van der Waals surface area contributed by atoms with E-state index in [9.17, 15) is 0 Å². The number of aryl methyl sites for hydroxylation is 1. The van der Waals surface area contributed by atoms with Crippen molar-refractivity contribution in [2.75, 3.05) is 5.73 Å². The highest BCUT2D eigenvalue weighted by Gasteiger charge is 2.01. The molecule has 1 heterocycles.